The highest BCUT2D eigenvalue weighted by atomic mass is 79.9. The highest BCUT2D eigenvalue weighted by molar-refractivity contribution is 9.15. The van der Waals surface area contributed by atoms with Crippen molar-refractivity contribution in [3.8, 4) is 0 Å². The van der Waals surface area contributed by atoms with Crippen molar-refractivity contribution in [2.45, 2.75) is 29.5 Å². The van der Waals surface area contributed by atoms with Gasteiger partial charge in [-0.15, -0.1) is 11.6 Å². The standard InChI is InChI=1S/C6H6Br5Cl/c7-1-2(8)4(10)6(12)5(11)3(1)9/h1-6H/t1?,2-,3+,4-,5-,6?/m1/s1. The van der Waals surface area contributed by atoms with E-state index in [9.17, 15) is 0 Å². The molecule has 0 bridgehead atoms. The lowest BCUT2D eigenvalue weighted by Crippen LogP contribution is -2.50. The molecule has 0 amide bonds. The van der Waals surface area contributed by atoms with Gasteiger partial charge in [0.05, 0.1) is 5.38 Å². The van der Waals surface area contributed by atoms with Gasteiger partial charge in [0.15, 0.2) is 0 Å². The highest BCUT2D eigenvalue weighted by Crippen LogP contribution is 2.43. The van der Waals surface area contributed by atoms with E-state index in [1.807, 2.05) is 0 Å². The van der Waals surface area contributed by atoms with Crippen molar-refractivity contribution in [2.75, 3.05) is 0 Å². The van der Waals surface area contributed by atoms with Crippen LogP contribution in [0.1, 0.15) is 0 Å². The van der Waals surface area contributed by atoms with Gasteiger partial charge in [-0.25, -0.2) is 0 Å². The molecule has 0 aromatic carbocycles. The van der Waals surface area contributed by atoms with Crippen molar-refractivity contribution in [2.24, 2.45) is 0 Å². The van der Waals surface area contributed by atoms with Crippen LogP contribution in [0, 0.1) is 0 Å². The smallest absolute Gasteiger partial charge is 0.0608 e. The Kier molecular flexibility index (Phi) is 5.48. The van der Waals surface area contributed by atoms with Crippen LogP contribution in [-0.4, -0.2) is 29.5 Å². The van der Waals surface area contributed by atoms with Gasteiger partial charge in [-0.3, -0.25) is 0 Å². The fourth-order valence-corrected chi connectivity index (χ4v) is 6.65. The summed E-state index contributed by atoms with van der Waals surface area (Å²) in [4.78, 5) is 1.63. The topological polar surface area (TPSA) is 0 Å². The van der Waals surface area contributed by atoms with Crippen LogP contribution in [0.5, 0.6) is 0 Å². The highest BCUT2D eigenvalue weighted by Gasteiger charge is 2.45. The summed E-state index contributed by atoms with van der Waals surface area (Å²) in [6.45, 7) is 0. The maximum absolute atomic E-state index is 6.20. The molecule has 1 aliphatic carbocycles. The van der Waals surface area contributed by atoms with E-state index in [1.54, 1.807) is 0 Å². The van der Waals surface area contributed by atoms with Crippen molar-refractivity contribution >= 4 is 91.3 Å². The van der Waals surface area contributed by atoms with Gasteiger partial charge in [0.1, 0.15) is 0 Å². The maximum atomic E-state index is 6.20. The van der Waals surface area contributed by atoms with Gasteiger partial charge in [-0.05, 0) is 0 Å². The van der Waals surface area contributed by atoms with Gasteiger partial charge in [-0.1, -0.05) is 79.6 Å². The summed E-state index contributed by atoms with van der Waals surface area (Å²) in [7, 11) is 0. The summed E-state index contributed by atoms with van der Waals surface area (Å²) in [5.74, 6) is 0. The molecule has 6 heteroatoms. The van der Waals surface area contributed by atoms with Crippen LogP contribution in [0.25, 0.3) is 0 Å². The second-order valence-electron chi connectivity index (χ2n) is 2.67. The Morgan fingerprint density at radius 3 is 1.17 bits per heavy atom. The van der Waals surface area contributed by atoms with Gasteiger partial charge in [0.2, 0.25) is 0 Å². The Hall–Kier alpha value is 2.69. The average Bonchev–Trinajstić information content (AvgIpc) is 2.08. The summed E-state index contributed by atoms with van der Waals surface area (Å²) in [5, 5.41) is 0.0903. The monoisotopic (exact) mass is 508 g/mol. The molecule has 0 spiro atoms. The molecule has 12 heavy (non-hydrogen) atoms. The molecular weight excluding hydrogens is 507 g/mol. The van der Waals surface area contributed by atoms with Crippen LogP contribution < -0.4 is 0 Å². The van der Waals surface area contributed by atoms with Crippen molar-refractivity contribution < 1.29 is 0 Å². The van der Waals surface area contributed by atoms with E-state index < -0.39 is 0 Å². The lowest BCUT2D eigenvalue weighted by molar-refractivity contribution is 0.600. The minimum absolute atomic E-state index is 0.0903. The van der Waals surface area contributed by atoms with Gasteiger partial charge < -0.3 is 0 Å². The molecular formula is C6H6Br5Cl. The van der Waals surface area contributed by atoms with E-state index in [-0.39, 0.29) is 15.0 Å². The Morgan fingerprint density at radius 1 is 0.583 bits per heavy atom. The van der Waals surface area contributed by atoms with Crippen LogP contribution in [0.3, 0.4) is 0 Å². The Morgan fingerprint density at radius 2 is 0.833 bits per heavy atom. The number of rotatable bonds is 0. The minimum atomic E-state index is 0.0903. The van der Waals surface area contributed by atoms with Crippen molar-refractivity contribution in [3.63, 3.8) is 0 Å². The third-order valence-corrected chi connectivity index (χ3v) is 11.5. The minimum Gasteiger partial charge on any atom is -0.120 e. The molecule has 2 unspecified atom stereocenters. The van der Waals surface area contributed by atoms with E-state index in [0.29, 0.717) is 14.5 Å². The molecule has 0 aromatic rings. The van der Waals surface area contributed by atoms with E-state index >= 15 is 0 Å². The average molecular weight is 513 g/mol. The zero-order chi connectivity index (χ0) is 9.46. The molecule has 1 rings (SSSR count). The molecule has 1 saturated carbocycles. The third-order valence-electron chi connectivity index (χ3n) is 1.83. The largest absolute Gasteiger partial charge is 0.120 e. The fraction of sp³-hybridized carbons (Fsp3) is 1.00. The Bertz CT molecular complexity index is 107. The molecule has 0 N–H and O–H groups in total. The van der Waals surface area contributed by atoms with Crippen LogP contribution in [0.2, 0.25) is 0 Å². The molecule has 1 fully saturated rings. The number of hydrogen-bond donors (Lipinski definition) is 0. The first kappa shape index (κ1) is 12.8. The molecule has 0 saturated heterocycles. The molecule has 0 radical (unpaired) electrons. The first-order chi connectivity index (χ1) is 5.46. The van der Waals surface area contributed by atoms with Crippen molar-refractivity contribution in [1.82, 2.24) is 0 Å². The molecule has 0 heterocycles. The molecule has 1 aliphatic rings. The van der Waals surface area contributed by atoms with E-state index in [0.717, 1.165) is 0 Å². The van der Waals surface area contributed by atoms with E-state index in [1.165, 1.54) is 0 Å². The molecule has 0 nitrogen and oxygen atoms in total. The second kappa shape index (κ2) is 5.15. The summed E-state index contributed by atoms with van der Waals surface area (Å²) >= 11 is 24.1. The molecule has 6 atom stereocenters. The van der Waals surface area contributed by atoms with Gasteiger partial charge in [0, 0.05) is 24.1 Å². The molecule has 72 valence electrons. The zero-order valence-electron chi connectivity index (χ0n) is 5.73. The zero-order valence-corrected chi connectivity index (χ0v) is 14.4. The van der Waals surface area contributed by atoms with Gasteiger partial charge in [0.25, 0.3) is 0 Å². The molecule has 0 aliphatic heterocycles. The second-order valence-corrected chi connectivity index (χ2v) is 8.46. The van der Waals surface area contributed by atoms with Gasteiger partial charge >= 0.3 is 0 Å². The van der Waals surface area contributed by atoms with Gasteiger partial charge in [-0.2, -0.15) is 0 Å². The van der Waals surface area contributed by atoms with Crippen molar-refractivity contribution in [1.29, 1.82) is 0 Å². The van der Waals surface area contributed by atoms with E-state index in [4.69, 9.17) is 11.6 Å². The third kappa shape index (κ3) is 2.43. The van der Waals surface area contributed by atoms with Crippen molar-refractivity contribution in [3.05, 3.63) is 0 Å². The predicted molar refractivity (Wildman–Crippen MR) is 73.2 cm³/mol. The van der Waals surface area contributed by atoms with Crippen LogP contribution >= 0.6 is 91.3 Å². The maximum Gasteiger partial charge on any atom is 0.0608 e. The lowest BCUT2D eigenvalue weighted by Gasteiger charge is -2.39. The normalized spacial score (nSPS) is 55.5. The van der Waals surface area contributed by atoms with E-state index in [2.05, 4.69) is 79.6 Å². The van der Waals surface area contributed by atoms with Crippen LogP contribution in [-0.2, 0) is 0 Å². The number of halogens is 6. The SMILES string of the molecule is ClC1[C@H](Br)[C@H](Br)C(Br)[C@H](Br)[C@H]1Br. The summed E-state index contributed by atoms with van der Waals surface area (Å²) in [6.07, 6.45) is 0. The fourth-order valence-electron chi connectivity index (χ4n) is 1.05. The number of hydrogen-bond acceptors (Lipinski definition) is 0. The Balaban J connectivity index is 2.76. The quantitative estimate of drug-likeness (QED) is 0.421. The lowest BCUT2D eigenvalue weighted by atomic mass is 9.99. The summed E-state index contributed by atoms with van der Waals surface area (Å²) in [5.41, 5.74) is 0. The predicted octanol–water partition coefficient (Wildman–Crippen LogP) is 4.42. The first-order valence-corrected chi connectivity index (χ1v) is 8.32. The van der Waals surface area contributed by atoms with Crippen LogP contribution in [0.15, 0.2) is 0 Å². The molecule has 0 aromatic heterocycles. The summed E-state index contributed by atoms with van der Waals surface area (Å²) in [6, 6.07) is 0. The summed E-state index contributed by atoms with van der Waals surface area (Å²) < 4.78 is 0. The van der Waals surface area contributed by atoms with Crippen LogP contribution in [0.4, 0.5) is 0 Å². The first-order valence-electron chi connectivity index (χ1n) is 3.31. The Labute approximate surface area is 119 Å². The number of alkyl halides is 6.